The highest BCUT2D eigenvalue weighted by Crippen LogP contribution is 2.12. The number of carbonyl (C=O) groups excluding carboxylic acids is 3. The van der Waals surface area contributed by atoms with E-state index in [9.17, 15) is 14.4 Å². The fourth-order valence-corrected chi connectivity index (χ4v) is 1.51. The monoisotopic (exact) mass is 298 g/mol. The molecule has 0 saturated heterocycles. The molecule has 3 amide bonds. The summed E-state index contributed by atoms with van der Waals surface area (Å²) >= 11 is 5.75. The van der Waals surface area contributed by atoms with Crippen LogP contribution in [0.2, 0.25) is 5.02 Å². The molecule has 7 heteroatoms. The molecule has 0 radical (unpaired) electrons. The summed E-state index contributed by atoms with van der Waals surface area (Å²) in [5, 5.41) is 4.84. The molecule has 0 aliphatic carbocycles. The average molecular weight is 299 g/mol. The summed E-state index contributed by atoms with van der Waals surface area (Å²) in [5.41, 5.74) is 0.232. The molecule has 6 nitrogen and oxygen atoms in total. The Morgan fingerprint density at radius 1 is 1.35 bits per heavy atom. The van der Waals surface area contributed by atoms with Crippen molar-refractivity contribution in [3.05, 3.63) is 34.9 Å². The number of imide groups is 1. The van der Waals surface area contributed by atoms with E-state index in [0.717, 1.165) is 0 Å². The van der Waals surface area contributed by atoms with Gasteiger partial charge in [-0.15, -0.1) is 0 Å². The van der Waals surface area contributed by atoms with Gasteiger partial charge in [0, 0.05) is 11.6 Å². The maximum absolute atomic E-state index is 11.8. The lowest BCUT2D eigenvalue weighted by molar-refractivity contribution is -0.127. The average Bonchev–Trinajstić information content (AvgIpc) is 2.38. The van der Waals surface area contributed by atoms with Gasteiger partial charge in [0.25, 0.3) is 5.91 Å². The second-order valence-corrected chi connectivity index (χ2v) is 4.34. The van der Waals surface area contributed by atoms with Gasteiger partial charge in [-0.1, -0.05) is 17.7 Å². The van der Waals surface area contributed by atoms with Gasteiger partial charge in [-0.25, -0.2) is 9.59 Å². The van der Waals surface area contributed by atoms with Gasteiger partial charge in [0.15, 0.2) is 6.10 Å². The van der Waals surface area contributed by atoms with Crippen molar-refractivity contribution in [3.63, 3.8) is 0 Å². The van der Waals surface area contributed by atoms with Crippen LogP contribution in [0.3, 0.4) is 0 Å². The van der Waals surface area contributed by atoms with Crippen molar-refractivity contribution < 1.29 is 19.1 Å². The molecular formula is C13H15ClN2O4. The topological polar surface area (TPSA) is 84.5 Å². The number of hydrogen-bond acceptors (Lipinski definition) is 4. The van der Waals surface area contributed by atoms with Crippen molar-refractivity contribution in [2.75, 3.05) is 6.54 Å². The van der Waals surface area contributed by atoms with Crippen LogP contribution in [0.1, 0.15) is 24.2 Å². The number of carbonyl (C=O) groups is 3. The zero-order chi connectivity index (χ0) is 15.1. The molecule has 0 spiro atoms. The second-order valence-electron chi connectivity index (χ2n) is 3.91. The summed E-state index contributed by atoms with van der Waals surface area (Å²) in [6, 6.07) is 5.52. The largest absolute Gasteiger partial charge is 0.449 e. The highest BCUT2D eigenvalue weighted by atomic mass is 35.5. The van der Waals surface area contributed by atoms with E-state index in [1.54, 1.807) is 19.1 Å². The highest BCUT2D eigenvalue weighted by Gasteiger charge is 2.20. The third kappa shape index (κ3) is 4.89. The van der Waals surface area contributed by atoms with Crippen LogP contribution in [0.15, 0.2) is 24.3 Å². The molecule has 108 valence electrons. The van der Waals surface area contributed by atoms with Gasteiger partial charge in [0.2, 0.25) is 0 Å². The normalized spacial score (nSPS) is 11.3. The maximum Gasteiger partial charge on any atom is 0.338 e. The van der Waals surface area contributed by atoms with E-state index >= 15 is 0 Å². The summed E-state index contributed by atoms with van der Waals surface area (Å²) in [4.78, 5) is 34.5. The number of halogens is 1. The standard InChI is InChI=1S/C13H15ClN2O4/c1-3-15-13(19)16-11(17)8(2)20-12(18)9-5-4-6-10(14)7-9/h4-8H,3H2,1-2H3,(H2,15,16,17,19)/t8-/m1/s1. The smallest absolute Gasteiger partial charge is 0.338 e. The molecule has 0 aromatic heterocycles. The maximum atomic E-state index is 11.8. The summed E-state index contributed by atoms with van der Waals surface area (Å²) in [7, 11) is 0. The van der Waals surface area contributed by atoms with Gasteiger partial charge in [-0.05, 0) is 32.0 Å². The molecule has 0 heterocycles. The molecule has 0 bridgehead atoms. The Hall–Kier alpha value is -2.08. The highest BCUT2D eigenvalue weighted by molar-refractivity contribution is 6.30. The number of ether oxygens (including phenoxy) is 1. The van der Waals surface area contributed by atoms with E-state index in [1.165, 1.54) is 19.1 Å². The molecule has 2 N–H and O–H groups in total. The van der Waals surface area contributed by atoms with E-state index < -0.39 is 24.0 Å². The number of nitrogens with one attached hydrogen (secondary N) is 2. The van der Waals surface area contributed by atoms with Gasteiger partial charge in [0.1, 0.15) is 0 Å². The van der Waals surface area contributed by atoms with Crippen LogP contribution in [0.5, 0.6) is 0 Å². The Balaban J connectivity index is 2.57. The zero-order valence-corrected chi connectivity index (χ0v) is 11.9. The van der Waals surface area contributed by atoms with Crippen LogP contribution in [0, 0.1) is 0 Å². The lowest BCUT2D eigenvalue weighted by atomic mass is 10.2. The van der Waals surface area contributed by atoms with Crippen molar-refractivity contribution in [3.8, 4) is 0 Å². The Morgan fingerprint density at radius 3 is 2.65 bits per heavy atom. The van der Waals surface area contributed by atoms with E-state index in [-0.39, 0.29) is 5.56 Å². The number of hydrogen-bond donors (Lipinski definition) is 2. The van der Waals surface area contributed by atoms with Gasteiger partial charge in [-0.3, -0.25) is 10.1 Å². The Labute approximate surface area is 121 Å². The zero-order valence-electron chi connectivity index (χ0n) is 11.1. The quantitative estimate of drug-likeness (QED) is 0.829. The minimum absolute atomic E-state index is 0.232. The van der Waals surface area contributed by atoms with Gasteiger partial charge < -0.3 is 10.1 Å². The molecule has 1 rings (SSSR count). The fraction of sp³-hybridized carbons (Fsp3) is 0.308. The first-order valence-electron chi connectivity index (χ1n) is 5.99. The van der Waals surface area contributed by atoms with Crippen molar-refractivity contribution in [1.29, 1.82) is 0 Å². The van der Waals surface area contributed by atoms with E-state index in [4.69, 9.17) is 16.3 Å². The fourth-order valence-electron chi connectivity index (χ4n) is 1.32. The van der Waals surface area contributed by atoms with Crippen molar-refractivity contribution in [1.82, 2.24) is 10.6 Å². The number of esters is 1. The Bertz CT molecular complexity index is 519. The van der Waals surface area contributed by atoms with Crippen LogP contribution in [-0.2, 0) is 9.53 Å². The Morgan fingerprint density at radius 2 is 2.05 bits per heavy atom. The SMILES string of the molecule is CCNC(=O)NC(=O)[C@@H](C)OC(=O)c1cccc(Cl)c1. The predicted octanol–water partition coefficient (Wildman–Crippen LogP) is 1.73. The third-order valence-electron chi connectivity index (χ3n) is 2.29. The number of amides is 3. The third-order valence-corrected chi connectivity index (χ3v) is 2.52. The number of benzene rings is 1. The van der Waals surface area contributed by atoms with Gasteiger partial charge in [-0.2, -0.15) is 0 Å². The summed E-state index contributed by atoms with van der Waals surface area (Å²) < 4.78 is 4.94. The lowest BCUT2D eigenvalue weighted by Gasteiger charge is -2.13. The molecule has 0 aliphatic rings. The molecule has 1 aromatic carbocycles. The second kappa shape index (κ2) is 7.49. The molecule has 0 aliphatic heterocycles. The van der Waals surface area contributed by atoms with Gasteiger partial charge >= 0.3 is 12.0 Å². The summed E-state index contributed by atoms with van der Waals surface area (Å²) in [5.74, 6) is -1.39. The van der Waals surface area contributed by atoms with Crippen molar-refractivity contribution >= 4 is 29.5 Å². The summed E-state index contributed by atoms with van der Waals surface area (Å²) in [6.07, 6.45) is -1.09. The molecular weight excluding hydrogens is 284 g/mol. The minimum atomic E-state index is -1.09. The molecule has 0 unspecified atom stereocenters. The number of urea groups is 1. The minimum Gasteiger partial charge on any atom is -0.449 e. The van der Waals surface area contributed by atoms with Crippen LogP contribution < -0.4 is 10.6 Å². The van der Waals surface area contributed by atoms with Gasteiger partial charge in [0.05, 0.1) is 5.56 Å². The first-order chi connectivity index (χ1) is 9.43. The lowest BCUT2D eigenvalue weighted by Crippen LogP contribution is -2.44. The van der Waals surface area contributed by atoms with Crippen LogP contribution in [0.25, 0.3) is 0 Å². The molecule has 1 aromatic rings. The molecule has 1 atom stereocenters. The molecule has 0 fully saturated rings. The van der Waals surface area contributed by atoms with E-state index in [0.29, 0.717) is 11.6 Å². The van der Waals surface area contributed by atoms with Crippen molar-refractivity contribution in [2.45, 2.75) is 20.0 Å². The first kappa shape index (κ1) is 16.0. The number of rotatable bonds is 4. The van der Waals surface area contributed by atoms with Crippen molar-refractivity contribution in [2.24, 2.45) is 0 Å². The molecule has 0 saturated carbocycles. The predicted molar refractivity (Wildman–Crippen MR) is 73.5 cm³/mol. The van der Waals surface area contributed by atoms with E-state index in [2.05, 4.69) is 10.6 Å². The van der Waals surface area contributed by atoms with Crippen LogP contribution >= 0.6 is 11.6 Å². The Kier molecular flexibility index (Phi) is 5.99. The van der Waals surface area contributed by atoms with E-state index in [1.807, 2.05) is 0 Å². The molecule has 20 heavy (non-hydrogen) atoms. The van der Waals surface area contributed by atoms with Crippen LogP contribution in [0.4, 0.5) is 4.79 Å². The summed E-state index contributed by atoms with van der Waals surface area (Å²) in [6.45, 7) is 3.47. The van der Waals surface area contributed by atoms with Crippen LogP contribution in [-0.4, -0.2) is 30.6 Å². The first-order valence-corrected chi connectivity index (χ1v) is 6.37.